The Kier molecular flexibility index (Phi) is 22.0. The maximum absolute atomic E-state index is 13.6. The molecule has 23 nitrogen and oxygen atoms in total. The summed E-state index contributed by atoms with van der Waals surface area (Å²) in [6, 6.07) is 60.9. The lowest BCUT2D eigenvalue weighted by atomic mass is 10.1. The van der Waals surface area contributed by atoms with Gasteiger partial charge in [-0.2, -0.15) is 0 Å². The van der Waals surface area contributed by atoms with Gasteiger partial charge in [0.1, 0.15) is 59.4 Å². The van der Waals surface area contributed by atoms with Crippen LogP contribution in [0, 0.1) is 17.6 Å². The monoisotopic (exact) mass is 1670 g/mol. The first-order chi connectivity index (χ1) is 57.5. The summed E-state index contributed by atoms with van der Waals surface area (Å²) in [5.41, 5.74) is -0.0556. The highest BCUT2D eigenvalue weighted by atomic mass is 35.5. The first kappa shape index (κ1) is 78.8. The fraction of sp³-hybridized carbons (Fsp3) is 0.0889. The van der Waals surface area contributed by atoms with E-state index in [2.05, 4.69) is 9.97 Å². The fourth-order valence-electron chi connectivity index (χ4n) is 14.1. The van der Waals surface area contributed by atoms with Crippen molar-refractivity contribution in [1.82, 2.24) is 28.2 Å². The molecular formula is C90H61ClF2N6O17S3. The molecule has 1 unspecified atom stereocenters. The largest absolute Gasteiger partial charge is 0.508 e. The van der Waals surface area contributed by atoms with Crippen LogP contribution in [0.1, 0.15) is 42.5 Å². The Bertz CT molecular complexity index is 7580. The average Bonchev–Trinajstić information content (AvgIpc) is 1.58. The van der Waals surface area contributed by atoms with Gasteiger partial charge in [-0.3, -0.25) is 29.1 Å². The number of pyridine rings is 6. The molecule has 0 spiro atoms. The summed E-state index contributed by atoms with van der Waals surface area (Å²) in [6.45, 7) is 2.63. The van der Waals surface area contributed by atoms with Gasteiger partial charge in [0.2, 0.25) is 0 Å². The number of hydrogen-bond acceptors (Lipinski definition) is 22. The summed E-state index contributed by atoms with van der Waals surface area (Å²) in [6.07, 6.45) is 8.80. The van der Waals surface area contributed by atoms with Crippen LogP contribution in [-0.2, 0) is 19.6 Å². The Morgan fingerprint density at radius 1 is 0.412 bits per heavy atom. The molecule has 18 aromatic rings. The van der Waals surface area contributed by atoms with E-state index in [4.69, 9.17) is 29.3 Å². The van der Waals surface area contributed by atoms with E-state index in [0.717, 1.165) is 70.2 Å². The van der Waals surface area contributed by atoms with E-state index >= 15 is 0 Å². The third-order valence-electron chi connectivity index (χ3n) is 19.9. The van der Waals surface area contributed by atoms with Crippen LogP contribution in [0.15, 0.2) is 335 Å². The van der Waals surface area contributed by atoms with E-state index in [-0.39, 0.29) is 106 Å². The van der Waals surface area contributed by atoms with Crippen LogP contribution in [0.25, 0.3) is 87.5 Å². The molecule has 119 heavy (non-hydrogen) atoms. The second-order valence-corrected chi connectivity index (χ2v) is 31.2. The Balaban J connectivity index is 0.000000119. The van der Waals surface area contributed by atoms with Gasteiger partial charge in [0.15, 0.2) is 39.6 Å². The minimum Gasteiger partial charge on any atom is -0.508 e. The van der Waals surface area contributed by atoms with E-state index in [1.165, 1.54) is 63.7 Å². The van der Waals surface area contributed by atoms with Gasteiger partial charge < -0.3 is 61.5 Å². The highest BCUT2D eigenvalue weighted by molar-refractivity contribution is 8.00. The van der Waals surface area contributed by atoms with Gasteiger partial charge in [-0.15, -0.1) is 0 Å². The predicted molar refractivity (Wildman–Crippen MR) is 452 cm³/mol. The number of fused-ring (bicyclic) bond motifs is 12. The molecule has 1 saturated carbocycles. The molecule has 19 rings (SSSR count). The van der Waals surface area contributed by atoms with E-state index in [9.17, 15) is 72.7 Å². The first-order valence-electron chi connectivity index (χ1n) is 36.7. The van der Waals surface area contributed by atoms with E-state index < -0.39 is 62.3 Å². The number of halogens is 3. The lowest BCUT2D eigenvalue weighted by Crippen LogP contribution is -2.26. The van der Waals surface area contributed by atoms with Crippen LogP contribution in [0.3, 0.4) is 0 Å². The zero-order chi connectivity index (χ0) is 83.0. The molecule has 8 aromatic carbocycles. The van der Waals surface area contributed by atoms with Crippen molar-refractivity contribution in [1.29, 1.82) is 0 Å². The van der Waals surface area contributed by atoms with Crippen LogP contribution >= 0.6 is 46.9 Å². The minimum atomic E-state index is -0.828. The molecule has 1 atom stereocenters. The van der Waals surface area contributed by atoms with Gasteiger partial charge in [-0.1, -0.05) is 126 Å². The quantitative estimate of drug-likeness (QED) is 0.0631. The molecule has 10 aromatic heterocycles. The van der Waals surface area contributed by atoms with Crippen LogP contribution in [0.5, 0.6) is 28.7 Å². The fourth-order valence-corrected chi connectivity index (χ4v) is 16.7. The predicted octanol–water partition coefficient (Wildman–Crippen LogP) is 17.3. The van der Waals surface area contributed by atoms with Crippen molar-refractivity contribution < 1.29 is 52.0 Å². The van der Waals surface area contributed by atoms with Gasteiger partial charge in [-0.05, 0) is 182 Å². The van der Waals surface area contributed by atoms with Crippen molar-refractivity contribution >= 4 is 134 Å². The summed E-state index contributed by atoms with van der Waals surface area (Å²) in [5.74, 6) is -2.17. The van der Waals surface area contributed by atoms with Crippen LogP contribution in [0.4, 0.5) is 8.78 Å². The Morgan fingerprint density at radius 2 is 0.807 bits per heavy atom. The summed E-state index contributed by atoms with van der Waals surface area (Å²) in [4.78, 5) is 113. The molecule has 1 aliphatic carbocycles. The molecule has 0 radical (unpaired) electrons. The van der Waals surface area contributed by atoms with Crippen molar-refractivity contribution in [2.75, 3.05) is 0 Å². The second-order valence-electron chi connectivity index (χ2n) is 27.5. The number of aromatic hydroxyl groups is 5. The molecule has 592 valence electrons. The molecule has 1 fully saturated rings. The Morgan fingerprint density at radius 3 is 1.29 bits per heavy atom. The van der Waals surface area contributed by atoms with E-state index in [1.54, 1.807) is 137 Å². The number of benzene rings is 8. The zero-order valence-corrected chi connectivity index (χ0v) is 65.2. The van der Waals surface area contributed by atoms with Crippen LogP contribution < -0.4 is 44.7 Å². The highest BCUT2D eigenvalue weighted by Crippen LogP contribution is 2.44. The number of aromatic nitrogens is 6. The van der Waals surface area contributed by atoms with E-state index in [0.29, 0.717) is 71.1 Å². The molecular weight excluding hydrogens is 1610 g/mol. The lowest BCUT2D eigenvalue weighted by molar-refractivity contribution is 0.443. The number of nitrogens with zero attached hydrogens (tertiary/aromatic N) is 6. The summed E-state index contributed by atoms with van der Waals surface area (Å²) >= 11 is 8.86. The second kappa shape index (κ2) is 33.3. The molecule has 0 aliphatic heterocycles. The van der Waals surface area contributed by atoms with Gasteiger partial charge in [-0.25, -0.2) is 28.0 Å². The van der Waals surface area contributed by atoms with Gasteiger partial charge in [0, 0.05) is 72.1 Å². The number of hydrogen-bond donors (Lipinski definition) is 5. The lowest BCUT2D eigenvalue weighted by Gasteiger charge is -2.19. The Hall–Kier alpha value is -14.1. The number of phenols is 1. The van der Waals surface area contributed by atoms with Gasteiger partial charge >= 0.3 is 22.5 Å². The minimum absolute atomic E-state index is 0.00260. The van der Waals surface area contributed by atoms with Gasteiger partial charge in [0.25, 0.3) is 22.2 Å². The number of rotatable bonds is 14. The highest BCUT2D eigenvalue weighted by Gasteiger charge is 2.33. The standard InChI is InChI=1S/C25H15ClFNO5S.C24H16N2O4S.C23H18FNO4S.C18H12N2O4/c26-14-3-8-17(9-4-14)34-23-21(30)20-22(33-25(23)32)18-11-16(29)7-10-19(18)28(24(20)31)12-13-1-5-15(27)6-2-13;27-20-19-21(30-24(29)22(20)31-16-8-2-1-3-9-16)17-10-4-5-11-18(17)26(23(19)28)14-15-7-6-12-25-13-15;1-12(13-6-7-13)25-17-5-3-2-4-16(17)20-18(22(25)27)19(26)21(23(28)29-20)30-15-10-8-14(24)9-11-15;21-14-8-15(22)24-17-12-5-1-2-6-13(12)20(18(23)16(14)17)10-11-4-3-7-19-9-11/h1-11,29-30H,12H2;1-13,27H,14H2;2-5,8-13,26H,6-7H2,1H3;1-9,21H,10H2. The van der Waals surface area contributed by atoms with Crippen molar-refractivity contribution in [2.24, 2.45) is 5.92 Å². The van der Waals surface area contributed by atoms with Crippen LogP contribution in [0.2, 0.25) is 5.02 Å². The maximum Gasteiger partial charge on any atom is 0.354 e. The number of para-hydroxylation sites is 3. The van der Waals surface area contributed by atoms with Crippen molar-refractivity contribution in [3.05, 3.63) is 366 Å². The molecule has 0 amide bonds. The van der Waals surface area contributed by atoms with Crippen molar-refractivity contribution in [3.8, 4) is 28.7 Å². The average molecular weight is 1670 g/mol. The molecule has 10 heterocycles. The first-order valence-corrected chi connectivity index (χ1v) is 39.5. The third-order valence-corrected chi connectivity index (χ3v) is 23.3. The topological polar surface area (TPSA) is 336 Å². The van der Waals surface area contributed by atoms with Gasteiger partial charge in [0.05, 0.1) is 47.8 Å². The SMILES string of the molecule is CC(C1CC1)n1c(=O)c2c(O)c(Sc3ccc(F)cc3)c(=O)oc2c2ccccc21.O=c1cc(O)c2c(=O)n(Cc3cccnc3)c3ccccc3c2o1.O=c1oc2c(c(O)c1Sc1ccc(Cl)cc1)c(=O)n(Cc1ccc(F)cc1)c1ccc(O)cc21.O=c1oc2c(c(O)c1Sc1ccccc1)c(=O)n(Cc1cccnc1)c1ccccc21. The smallest absolute Gasteiger partial charge is 0.354 e. The maximum atomic E-state index is 13.6. The molecule has 1 aliphatic rings. The molecule has 29 heteroatoms. The normalized spacial score (nSPS) is 12.2. The number of phenolic OH excluding ortho intramolecular Hbond substituents is 1. The van der Waals surface area contributed by atoms with Crippen molar-refractivity contribution in [3.63, 3.8) is 0 Å². The van der Waals surface area contributed by atoms with E-state index in [1.807, 2.05) is 67.6 Å². The zero-order valence-electron chi connectivity index (χ0n) is 62.0. The van der Waals surface area contributed by atoms with Crippen LogP contribution in [-0.4, -0.2) is 53.8 Å². The molecule has 0 saturated heterocycles. The Labute approximate surface area is 685 Å². The summed E-state index contributed by atoms with van der Waals surface area (Å²) in [7, 11) is 0. The molecule has 0 bridgehead atoms. The molecule has 5 N–H and O–H groups in total. The summed E-state index contributed by atoms with van der Waals surface area (Å²) < 4.78 is 54.6. The third kappa shape index (κ3) is 15.9. The van der Waals surface area contributed by atoms with Crippen molar-refractivity contribution in [2.45, 2.75) is 74.8 Å². The summed E-state index contributed by atoms with van der Waals surface area (Å²) in [5, 5.41) is 55.5.